The highest BCUT2D eigenvalue weighted by Crippen LogP contribution is 2.35. The zero-order valence-electron chi connectivity index (χ0n) is 20.2. The molecule has 7 heteroatoms. The van der Waals surface area contributed by atoms with Gasteiger partial charge in [-0.2, -0.15) is 0 Å². The molecule has 3 aromatic rings. The van der Waals surface area contributed by atoms with E-state index in [-0.39, 0.29) is 5.91 Å². The monoisotopic (exact) mass is 477 g/mol. The van der Waals surface area contributed by atoms with Gasteiger partial charge in [-0.3, -0.25) is 4.79 Å². The maximum Gasteiger partial charge on any atom is 0.263 e. The molecule has 2 aliphatic heterocycles. The second kappa shape index (κ2) is 10.3. The van der Waals surface area contributed by atoms with Gasteiger partial charge >= 0.3 is 0 Å². The van der Waals surface area contributed by atoms with Crippen LogP contribution >= 0.6 is 11.3 Å². The average Bonchev–Trinajstić information content (AvgIpc) is 3.41. The van der Waals surface area contributed by atoms with Crippen LogP contribution in [-0.2, 0) is 12.8 Å². The predicted octanol–water partition coefficient (Wildman–Crippen LogP) is 4.59. The normalized spacial score (nSPS) is 19.5. The number of anilines is 2. The molecule has 2 aromatic heterocycles. The fourth-order valence-corrected chi connectivity index (χ4v) is 6.32. The van der Waals surface area contributed by atoms with Gasteiger partial charge in [0.05, 0.1) is 5.69 Å². The number of hydrogen-bond acceptors (Lipinski definition) is 6. The third kappa shape index (κ3) is 4.91. The van der Waals surface area contributed by atoms with Crippen molar-refractivity contribution in [1.82, 2.24) is 15.6 Å². The van der Waals surface area contributed by atoms with Crippen LogP contribution < -0.4 is 20.9 Å². The van der Waals surface area contributed by atoms with E-state index in [1.54, 1.807) is 0 Å². The van der Waals surface area contributed by atoms with Crippen molar-refractivity contribution in [2.24, 2.45) is 0 Å². The van der Waals surface area contributed by atoms with Crippen molar-refractivity contribution in [2.75, 3.05) is 36.9 Å². The Labute approximate surface area is 206 Å². The van der Waals surface area contributed by atoms with Gasteiger partial charge in [0, 0.05) is 55.5 Å². The molecule has 2 bridgehead atoms. The maximum absolute atomic E-state index is 13.0. The molecule has 0 aliphatic carbocycles. The highest BCUT2D eigenvalue weighted by molar-refractivity contribution is 7.21. The highest BCUT2D eigenvalue weighted by atomic mass is 32.1. The number of unbranched alkanes of at least 4 members (excludes halogenated alkanes) is 1. The van der Waals surface area contributed by atoms with E-state index in [9.17, 15) is 4.79 Å². The molecule has 1 aromatic carbocycles. The predicted molar refractivity (Wildman–Crippen MR) is 142 cm³/mol. The first kappa shape index (κ1) is 23.1. The van der Waals surface area contributed by atoms with Crippen LogP contribution in [0.2, 0.25) is 0 Å². The average molecular weight is 478 g/mol. The Hall–Kier alpha value is -2.64. The summed E-state index contributed by atoms with van der Waals surface area (Å²) in [6.07, 6.45) is 6.67. The Kier molecular flexibility index (Phi) is 7.02. The van der Waals surface area contributed by atoms with Gasteiger partial charge in [-0.1, -0.05) is 25.5 Å². The first-order chi connectivity index (χ1) is 16.6. The molecule has 5 rings (SSSR count). The molecule has 0 spiro atoms. The standard InChI is InChI=1S/C27H35N5OS/c1-3-4-5-19-10-13-23-24(28-2)25(34-27(23)31-19)26(33)29-15-14-18-6-11-22(12-7-18)32-16-20-8-9-21(17-32)30-20/h6-7,10-13,20-21,28,30H,3-5,8-9,14-17H2,1-2H3,(H,29,33)/t20-,21+. The number of amides is 1. The van der Waals surface area contributed by atoms with Crippen molar-refractivity contribution < 1.29 is 4.79 Å². The molecule has 2 saturated heterocycles. The van der Waals surface area contributed by atoms with Crippen LogP contribution in [0.15, 0.2) is 36.4 Å². The number of benzene rings is 1. The summed E-state index contributed by atoms with van der Waals surface area (Å²) in [5.74, 6) is -0.0321. The van der Waals surface area contributed by atoms with Crippen LogP contribution in [-0.4, -0.2) is 49.7 Å². The lowest BCUT2D eigenvalue weighted by molar-refractivity contribution is 0.0959. The van der Waals surface area contributed by atoms with Crippen molar-refractivity contribution in [3.63, 3.8) is 0 Å². The van der Waals surface area contributed by atoms with Gasteiger partial charge in [0.25, 0.3) is 5.91 Å². The minimum Gasteiger partial charge on any atom is -0.386 e. The maximum atomic E-state index is 13.0. The summed E-state index contributed by atoms with van der Waals surface area (Å²) in [6.45, 7) is 5.01. The number of pyridine rings is 1. The van der Waals surface area contributed by atoms with Gasteiger partial charge in [-0.15, -0.1) is 11.3 Å². The van der Waals surface area contributed by atoms with Gasteiger partial charge in [0.2, 0.25) is 0 Å². The second-order valence-electron chi connectivity index (χ2n) is 9.53. The van der Waals surface area contributed by atoms with Crippen LogP contribution in [0.4, 0.5) is 11.4 Å². The fourth-order valence-electron chi connectivity index (χ4n) is 5.20. The smallest absolute Gasteiger partial charge is 0.263 e. The van der Waals surface area contributed by atoms with Gasteiger partial charge in [-0.25, -0.2) is 4.98 Å². The molecule has 2 fully saturated rings. The summed E-state index contributed by atoms with van der Waals surface area (Å²) >= 11 is 1.48. The number of aromatic nitrogens is 1. The Balaban J connectivity index is 1.19. The van der Waals surface area contributed by atoms with E-state index in [1.165, 1.54) is 35.4 Å². The molecule has 0 radical (unpaired) electrons. The number of piperazine rings is 1. The summed E-state index contributed by atoms with van der Waals surface area (Å²) in [6, 6.07) is 14.3. The van der Waals surface area contributed by atoms with E-state index in [4.69, 9.17) is 4.98 Å². The SMILES string of the molecule is CCCCc1ccc2c(NC)c(C(=O)NCCc3ccc(N4C[C@H]5CC[C@@H](C4)N5)cc3)sc2n1. The summed E-state index contributed by atoms with van der Waals surface area (Å²) in [5, 5.41) is 11.0. The molecule has 2 aliphatic rings. The zero-order chi connectivity index (χ0) is 23.5. The number of rotatable bonds is 9. The van der Waals surface area contributed by atoms with Gasteiger partial charge in [0.1, 0.15) is 9.71 Å². The Morgan fingerprint density at radius 1 is 1.12 bits per heavy atom. The minimum absolute atomic E-state index is 0.0321. The Morgan fingerprint density at radius 3 is 2.59 bits per heavy atom. The van der Waals surface area contributed by atoms with Crippen LogP contribution in [0, 0.1) is 0 Å². The number of nitrogens with one attached hydrogen (secondary N) is 3. The number of fused-ring (bicyclic) bond motifs is 3. The molecule has 180 valence electrons. The molecule has 34 heavy (non-hydrogen) atoms. The van der Waals surface area contributed by atoms with Gasteiger partial charge < -0.3 is 20.9 Å². The quantitative estimate of drug-likeness (QED) is 0.420. The van der Waals surface area contributed by atoms with Crippen LogP contribution in [0.5, 0.6) is 0 Å². The number of hydrogen-bond donors (Lipinski definition) is 3. The number of thiophene rings is 1. The number of nitrogens with zero attached hydrogens (tertiary/aromatic N) is 2. The number of aryl methyl sites for hydroxylation is 1. The molecule has 6 nitrogen and oxygen atoms in total. The molecule has 2 atom stereocenters. The van der Waals surface area contributed by atoms with E-state index in [0.29, 0.717) is 23.5 Å². The lowest BCUT2D eigenvalue weighted by Crippen LogP contribution is -2.51. The van der Waals surface area contributed by atoms with Crippen molar-refractivity contribution in [1.29, 1.82) is 0 Å². The first-order valence-corrected chi connectivity index (χ1v) is 13.4. The van der Waals surface area contributed by atoms with Crippen LogP contribution in [0.3, 0.4) is 0 Å². The molecule has 1 amide bonds. The zero-order valence-corrected chi connectivity index (χ0v) is 21.0. The summed E-state index contributed by atoms with van der Waals surface area (Å²) < 4.78 is 0. The molecule has 0 saturated carbocycles. The van der Waals surface area contributed by atoms with E-state index in [0.717, 1.165) is 60.4 Å². The lowest BCUT2D eigenvalue weighted by atomic mass is 10.1. The van der Waals surface area contributed by atoms with E-state index < -0.39 is 0 Å². The summed E-state index contributed by atoms with van der Waals surface area (Å²) in [4.78, 5) is 21.9. The van der Waals surface area contributed by atoms with E-state index >= 15 is 0 Å². The summed E-state index contributed by atoms with van der Waals surface area (Å²) in [5.41, 5.74) is 4.53. The molecular formula is C27H35N5OS. The van der Waals surface area contributed by atoms with Crippen molar-refractivity contribution >= 4 is 38.8 Å². The Morgan fingerprint density at radius 2 is 1.88 bits per heavy atom. The van der Waals surface area contributed by atoms with Gasteiger partial charge in [0.15, 0.2) is 0 Å². The summed E-state index contributed by atoms with van der Waals surface area (Å²) in [7, 11) is 1.87. The fraction of sp³-hybridized carbons (Fsp3) is 0.481. The second-order valence-corrected chi connectivity index (χ2v) is 10.5. The molecule has 3 N–H and O–H groups in total. The Bertz CT molecular complexity index is 1130. The van der Waals surface area contributed by atoms with E-state index in [1.807, 2.05) is 7.05 Å². The lowest BCUT2D eigenvalue weighted by Gasteiger charge is -2.34. The number of carbonyl (C=O) groups is 1. The van der Waals surface area contributed by atoms with Crippen LogP contribution in [0.25, 0.3) is 10.2 Å². The largest absolute Gasteiger partial charge is 0.386 e. The minimum atomic E-state index is -0.0321. The molecule has 4 heterocycles. The van der Waals surface area contributed by atoms with Crippen molar-refractivity contribution in [3.05, 3.63) is 52.5 Å². The molecule has 0 unspecified atom stereocenters. The molecular weight excluding hydrogens is 442 g/mol. The van der Waals surface area contributed by atoms with E-state index in [2.05, 4.69) is 64.2 Å². The number of carbonyl (C=O) groups excluding carboxylic acids is 1. The topological polar surface area (TPSA) is 69.3 Å². The third-order valence-corrected chi connectivity index (χ3v) is 8.17. The first-order valence-electron chi connectivity index (χ1n) is 12.6. The van der Waals surface area contributed by atoms with Gasteiger partial charge in [-0.05, 0) is 61.9 Å². The van der Waals surface area contributed by atoms with Crippen molar-refractivity contribution in [3.8, 4) is 0 Å². The van der Waals surface area contributed by atoms with Crippen molar-refractivity contribution in [2.45, 2.75) is 57.5 Å². The highest BCUT2D eigenvalue weighted by Gasteiger charge is 2.32. The van der Waals surface area contributed by atoms with Crippen LogP contribution in [0.1, 0.15) is 53.5 Å². The third-order valence-electron chi connectivity index (χ3n) is 7.07.